The maximum absolute atomic E-state index is 12.1. The van der Waals surface area contributed by atoms with Gasteiger partial charge < -0.3 is 16.0 Å². The Bertz CT molecular complexity index is 710. The van der Waals surface area contributed by atoms with E-state index in [0.29, 0.717) is 17.8 Å². The predicted molar refractivity (Wildman–Crippen MR) is 96.1 cm³/mol. The number of nitrogens with zero attached hydrogens (tertiary/aromatic N) is 1. The number of pyridine rings is 1. The summed E-state index contributed by atoms with van der Waals surface area (Å²) in [5.74, 6) is 0.0369. The van der Waals surface area contributed by atoms with E-state index in [0.717, 1.165) is 31.5 Å². The van der Waals surface area contributed by atoms with E-state index in [9.17, 15) is 9.59 Å². The molecule has 0 aliphatic carbocycles. The third kappa shape index (κ3) is 4.87. The lowest BCUT2D eigenvalue weighted by Gasteiger charge is -2.21. The molecule has 1 saturated heterocycles. The van der Waals surface area contributed by atoms with Crippen molar-refractivity contribution in [2.24, 2.45) is 5.92 Å². The normalized spacial score (nSPS) is 14.7. The standard InChI is InChI=1S/C19H22N4O2/c24-18(15-7-10-20-11-8-15)22-12-14-3-5-17(6-4-14)23-19(25)16-2-1-9-21-13-16/h1-6,9,13,15,20H,7-8,10-12H2,(H,22,24)(H,23,25). The van der Waals surface area contributed by atoms with Gasteiger partial charge in [-0.05, 0) is 55.8 Å². The maximum Gasteiger partial charge on any atom is 0.257 e. The molecule has 0 unspecified atom stereocenters. The molecule has 1 aliphatic heterocycles. The third-order valence-corrected chi connectivity index (χ3v) is 4.31. The smallest absolute Gasteiger partial charge is 0.257 e. The number of amides is 2. The molecule has 2 aromatic rings. The molecule has 6 nitrogen and oxygen atoms in total. The lowest BCUT2D eigenvalue weighted by atomic mass is 9.97. The number of piperidine rings is 1. The molecule has 1 fully saturated rings. The molecule has 2 amide bonds. The van der Waals surface area contributed by atoms with Crippen LogP contribution in [-0.4, -0.2) is 29.9 Å². The summed E-state index contributed by atoms with van der Waals surface area (Å²) in [6.45, 7) is 2.31. The highest BCUT2D eigenvalue weighted by Crippen LogP contribution is 2.13. The second kappa shape index (κ2) is 8.39. The largest absolute Gasteiger partial charge is 0.352 e. The molecule has 1 aromatic carbocycles. The number of nitrogens with one attached hydrogen (secondary N) is 3. The van der Waals surface area contributed by atoms with Crippen LogP contribution < -0.4 is 16.0 Å². The zero-order valence-corrected chi connectivity index (χ0v) is 14.0. The Balaban J connectivity index is 1.50. The summed E-state index contributed by atoms with van der Waals surface area (Å²) < 4.78 is 0. The van der Waals surface area contributed by atoms with Crippen molar-refractivity contribution in [3.05, 3.63) is 59.9 Å². The Kier molecular flexibility index (Phi) is 5.74. The summed E-state index contributed by atoms with van der Waals surface area (Å²) in [5, 5.41) is 9.08. The van der Waals surface area contributed by atoms with Gasteiger partial charge in [-0.25, -0.2) is 0 Å². The van der Waals surface area contributed by atoms with E-state index in [2.05, 4.69) is 20.9 Å². The summed E-state index contributed by atoms with van der Waals surface area (Å²) in [7, 11) is 0. The summed E-state index contributed by atoms with van der Waals surface area (Å²) in [6, 6.07) is 10.9. The van der Waals surface area contributed by atoms with E-state index in [1.165, 1.54) is 6.20 Å². The Hall–Kier alpha value is -2.73. The topological polar surface area (TPSA) is 83.1 Å². The molecule has 1 aliphatic rings. The zero-order chi connectivity index (χ0) is 17.5. The number of anilines is 1. The fourth-order valence-electron chi connectivity index (χ4n) is 2.82. The van der Waals surface area contributed by atoms with Crippen LogP contribution in [0.4, 0.5) is 5.69 Å². The molecule has 0 atom stereocenters. The minimum atomic E-state index is -0.194. The maximum atomic E-state index is 12.1. The van der Waals surface area contributed by atoms with Gasteiger partial charge in [-0.15, -0.1) is 0 Å². The van der Waals surface area contributed by atoms with Gasteiger partial charge in [0.2, 0.25) is 5.91 Å². The van der Waals surface area contributed by atoms with Crippen molar-refractivity contribution in [1.82, 2.24) is 15.6 Å². The van der Waals surface area contributed by atoms with Gasteiger partial charge >= 0.3 is 0 Å². The lowest BCUT2D eigenvalue weighted by molar-refractivity contribution is -0.125. The van der Waals surface area contributed by atoms with Crippen LogP contribution in [0.5, 0.6) is 0 Å². The molecule has 3 rings (SSSR count). The van der Waals surface area contributed by atoms with Gasteiger partial charge in [-0.3, -0.25) is 14.6 Å². The molecule has 0 spiro atoms. The van der Waals surface area contributed by atoms with Crippen molar-refractivity contribution in [1.29, 1.82) is 0 Å². The zero-order valence-electron chi connectivity index (χ0n) is 14.0. The number of benzene rings is 1. The second-order valence-electron chi connectivity index (χ2n) is 6.13. The lowest BCUT2D eigenvalue weighted by Crippen LogP contribution is -2.37. The van der Waals surface area contributed by atoms with Crippen molar-refractivity contribution in [3.8, 4) is 0 Å². The third-order valence-electron chi connectivity index (χ3n) is 4.31. The van der Waals surface area contributed by atoms with Gasteiger partial charge in [0.05, 0.1) is 5.56 Å². The number of hydrogen-bond donors (Lipinski definition) is 3. The van der Waals surface area contributed by atoms with Gasteiger partial charge in [0.25, 0.3) is 5.91 Å². The molecule has 0 saturated carbocycles. The van der Waals surface area contributed by atoms with Crippen LogP contribution in [0.3, 0.4) is 0 Å². The average molecular weight is 338 g/mol. The highest BCUT2D eigenvalue weighted by Gasteiger charge is 2.20. The van der Waals surface area contributed by atoms with Crippen LogP contribution in [0.2, 0.25) is 0 Å². The molecule has 0 radical (unpaired) electrons. The first-order valence-electron chi connectivity index (χ1n) is 8.51. The average Bonchev–Trinajstić information content (AvgIpc) is 2.68. The van der Waals surface area contributed by atoms with E-state index >= 15 is 0 Å². The molecule has 0 bridgehead atoms. The molecular formula is C19H22N4O2. The van der Waals surface area contributed by atoms with Crippen molar-refractivity contribution in [3.63, 3.8) is 0 Å². The Labute approximate surface area is 147 Å². The van der Waals surface area contributed by atoms with Crippen LogP contribution in [0, 0.1) is 5.92 Å². The molecule has 6 heteroatoms. The second-order valence-corrected chi connectivity index (χ2v) is 6.13. The number of carbonyl (C=O) groups excluding carboxylic acids is 2. The van der Waals surface area contributed by atoms with Crippen molar-refractivity contribution in [2.45, 2.75) is 19.4 Å². The highest BCUT2D eigenvalue weighted by atomic mass is 16.2. The van der Waals surface area contributed by atoms with E-state index < -0.39 is 0 Å². The van der Waals surface area contributed by atoms with Crippen LogP contribution in [0.15, 0.2) is 48.8 Å². The first-order chi connectivity index (χ1) is 12.2. The van der Waals surface area contributed by atoms with Crippen molar-refractivity contribution in [2.75, 3.05) is 18.4 Å². The summed E-state index contributed by atoms with van der Waals surface area (Å²) in [4.78, 5) is 28.2. The molecule has 1 aromatic heterocycles. The van der Waals surface area contributed by atoms with Crippen LogP contribution in [-0.2, 0) is 11.3 Å². The van der Waals surface area contributed by atoms with Gasteiger partial charge in [-0.1, -0.05) is 12.1 Å². The Morgan fingerprint density at radius 1 is 1.12 bits per heavy atom. The number of rotatable bonds is 5. The van der Waals surface area contributed by atoms with E-state index in [4.69, 9.17) is 0 Å². The monoisotopic (exact) mass is 338 g/mol. The van der Waals surface area contributed by atoms with Crippen LogP contribution in [0.25, 0.3) is 0 Å². The highest BCUT2D eigenvalue weighted by molar-refractivity contribution is 6.04. The van der Waals surface area contributed by atoms with Crippen molar-refractivity contribution >= 4 is 17.5 Å². The summed E-state index contributed by atoms with van der Waals surface area (Å²) in [6.07, 6.45) is 4.94. The molecular weight excluding hydrogens is 316 g/mol. The Morgan fingerprint density at radius 2 is 1.88 bits per heavy atom. The Morgan fingerprint density at radius 3 is 2.56 bits per heavy atom. The fraction of sp³-hybridized carbons (Fsp3) is 0.316. The fourth-order valence-corrected chi connectivity index (χ4v) is 2.82. The van der Waals surface area contributed by atoms with E-state index in [1.54, 1.807) is 18.3 Å². The minimum Gasteiger partial charge on any atom is -0.352 e. The van der Waals surface area contributed by atoms with Crippen molar-refractivity contribution < 1.29 is 9.59 Å². The minimum absolute atomic E-state index is 0.110. The molecule has 2 heterocycles. The number of hydrogen-bond acceptors (Lipinski definition) is 4. The summed E-state index contributed by atoms with van der Waals surface area (Å²) in [5.41, 5.74) is 2.23. The first kappa shape index (κ1) is 17.1. The number of aromatic nitrogens is 1. The SMILES string of the molecule is O=C(Nc1ccc(CNC(=O)C2CCNCC2)cc1)c1cccnc1. The van der Waals surface area contributed by atoms with Crippen LogP contribution in [0.1, 0.15) is 28.8 Å². The first-order valence-corrected chi connectivity index (χ1v) is 8.51. The molecule has 25 heavy (non-hydrogen) atoms. The van der Waals surface area contributed by atoms with Crippen LogP contribution >= 0.6 is 0 Å². The van der Waals surface area contributed by atoms with Gasteiger partial charge in [0, 0.05) is 30.5 Å². The number of carbonyl (C=O) groups is 2. The van der Waals surface area contributed by atoms with E-state index in [1.807, 2.05) is 24.3 Å². The van der Waals surface area contributed by atoms with E-state index in [-0.39, 0.29) is 17.7 Å². The predicted octanol–water partition coefficient (Wildman–Crippen LogP) is 1.95. The molecule has 130 valence electrons. The summed E-state index contributed by atoms with van der Waals surface area (Å²) >= 11 is 0. The quantitative estimate of drug-likeness (QED) is 0.778. The van der Waals surface area contributed by atoms with Gasteiger partial charge in [0.1, 0.15) is 0 Å². The molecule has 3 N–H and O–H groups in total. The van der Waals surface area contributed by atoms with Gasteiger partial charge in [0.15, 0.2) is 0 Å². The van der Waals surface area contributed by atoms with Gasteiger partial charge in [-0.2, -0.15) is 0 Å².